The minimum absolute atomic E-state index is 0.129. The van der Waals surface area contributed by atoms with Crippen LogP contribution < -0.4 is 4.74 Å². The van der Waals surface area contributed by atoms with Gasteiger partial charge in [-0.1, -0.05) is 32.0 Å². The number of rotatable bonds is 9. The topological polar surface area (TPSA) is 66.8 Å². The van der Waals surface area contributed by atoms with Gasteiger partial charge in [0, 0.05) is 12.5 Å². The summed E-state index contributed by atoms with van der Waals surface area (Å²) >= 11 is 0. The number of carbonyl (C=O) groups excluding carboxylic acids is 1. The van der Waals surface area contributed by atoms with Gasteiger partial charge in [-0.05, 0) is 25.0 Å². The van der Waals surface area contributed by atoms with Crippen molar-refractivity contribution in [2.24, 2.45) is 5.92 Å². The van der Waals surface area contributed by atoms with Gasteiger partial charge >= 0.3 is 5.97 Å². The third-order valence-corrected chi connectivity index (χ3v) is 3.12. The molecular formula is C16H23NO4. The van der Waals surface area contributed by atoms with Crippen LogP contribution in [0.4, 0.5) is 0 Å². The van der Waals surface area contributed by atoms with Crippen molar-refractivity contribution in [3.8, 4) is 5.75 Å². The van der Waals surface area contributed by atoms with E-state index in [4.69, 9.17) is 9.84 Å². The number of amides is 1. The van der Waals surface area contributed by atoms with Gasteiger partial charge in [-0.2, -0.15) is 0 Å². The minimum Gasteiger partial charge on any atom is -0.494 e. The molecule has 1 atom stereocenters. The Morgan fingerprint density at radius 2 is 1.95 bits per heavy atom. The van der Waals surface area contributed by atoms with Crippen molar-refractivity contribution in [2.45, 2.75) is 26.7 Å². The monoisotopic (exact) mass is 293 g/mol. The molecule has 0 saturated carbocycles. The maximum absolute atomic E-state index is 12.2. The van der Waals surface area contributed by atoms with Crippen LogP contribution in [0, 0.1) is 5.92 Å². The molecule has 5 nitrogen and oxygen atoms in total. The van der Waals surface area contributed by atoms with E-state index in [9.17, 15) is 9.59 Å². The van der Waals surface area contributed by atoms with E-state index in [1.165, 1.54) is 4.90 Å². The Kier molecular flexibility index (Phi) is 7.29. The van der Waals surface area contributed by atoms with Gasteiger partial charge in [0.05, 0.1) is 6.61 Å². The Morgan fingerprint density at radius 3 is 2.52 bits per heavy atom. The molecule has 0 fully saturated rings. The Bertz CT molecular complexity index is 447. The smallest absolute Gasteiger partial charge is 0.323 e. The van der Waals surface area contributed by atoms with Gasteiger partial charge in [-0.3, -0.25) is 9.59 Å². The molecule has 0 saturated heterocycles. The lowest BCUT2D eigenvalue weighted by Gasteiger charge is -2.23. The molecule has 0 spiro atoms. The molecule has 0 aliphatic carbocycles. The number of carbonyl (C=O) groups is 2. The van der Waals surface area contributed by atoms with Crippen molar-refractivity contribution in [3.05, 3.63) is 30.3 Å². The largest absolute Gasteiger partial charge is 0.494 e. The lowest BCUT2D eigenvalue weighted by molar-refractivity contribution is -0.146. The van der Waals surface area contributed by atoms with E-state index in [-0.39, 0.29) is 18.4 Å². The fourth-order valence-corrected chi connectivity index (χ4v) is 2.01. The summed E-state index contributed by atoms with van der Waals surface area (Å²) < 4.78 is 5.56. The lowest BCUT2D eigenvalue weighted by atomic mass is 10.1. The number of hydrogen-bond donors (Lipinski definition) is 1. The molecule has 1 unspecified atom stereocenters. The van der Waals surface area contributed by atoms with Crippen LogP contribution in [0.25, 0.3) is 0 Å². The first-order valence-corrected chi connectivity index (χ1v) is 7.23. The molecule has 1 aromatic rings. The van der Waals surface area contributed by atoms with E-state index in [0.29, 0.717) is 19.6 Å². The fourth-order valence-electron chi connectivity index (χ4n) is 2.01. The van der Waals surface area contributed by atoms with E-state index < -0.39 is 5.97 Å². The van der Waals surface area contributed by atoms with Crippen LogP contribution in [-0.2, 0) is 9.59 Å². The number of aliphatic carboxylic acids is 1. The standard InChI is InChI=1S/C16H23NO4/c1-3-10-17(12-15(18)19)16(20)13(2)9-11-21-14-7-5-4-6-8-14/h4-8,13H,3,9-12H2,1-2H3,(H,18,19). The highest BCUT2D eigenvalue weighted by atomic mass is 16.5. The zero-order chi connectivity index (χ0) is 15.7. The molecule has 1 N–H and O–H groups in total. The van der Waals surface area contributed by atoms with Crippen molar-refractivity contribution in [3.63, 3.8) is 0 Å². The first-order chi connectivity index (χ1) is 10.0. The summed E-state index contributed by atoms with van der Waals surface area (Å²) in [4.78, 5) is 24.4. The summed E-state index contributed by atoms with van der Waals surface area (Å²) in [7, 11) is 0. The zero-order valence-electron chi connectivity index (χ0n) is 12.6. The van der Waals surface area contributed by atoms with Gasteiger partial charge in [0.25, 0.3) is 0 Å². The van der Waals surface area contributed by atoms with Crippen molar-refractivity contribution in [1.29, 1.82) is 0 Å². The maximum Gasteiger partial charge on any atom is 0.323 e. The summed E-state index contributed by atoms with van der Waals surface area (Å²) in [6, 6.07) is 9.41. The van der Waals surface area contributed by atoms with E-state index in [1.807, 2.05) is 37.3 Å². The van der Waals surface area contributed by atoms with Gasteiger partial charge in [0.15, 0.2) is 0 Å². The molecule has 0 aliphatic heterocycles. The first-order valence-electron chi connectivity index (χ1n) is 7.23. The SMILES string of the molecule is CCCN(CC(=O)O)C(=O)C(C)CCOc1ccccc1. The summed E-state index contributed by atoms with van der Waals surface area (Å²) in [5.41, 5.74) is 0. The molecule has 116 valence electrons. The Morgan fingerprint density at radius 1 is 1.29 bits per heavy atom. The molecule has 0 aliphatic rings. The van der Waals surface area contributed by atoms with E-state index in [2.05, 4.69) is 0 Å². The van der Waals surface area contributed by atoms with Crippen molar-refractivity contribution in [1.82, 2.24) is 4.90 Å². The van der Waals surface area contributed by atoms with Crippen LogP contribution in [0.15, 0.2) is 30.3 Å². The average Bonchev–Trinajstić information content (AvgIpc) is 2.46. The van der Waals surface area contributed by atoms with Gasteiger partial charge in [0.1, 0.15) is 12.3 Å². The number of carboxylic acid groups (broad SMARTS) is 1. The quantitative estimate of drug-likeness (QED) is 0.759. The van der Waals surface area contributed by atoms with E-state index in [1.54, 1.807) is 6.92 Å². The molecule has 1 amide bonds. The summed E-state index contributed by atoms with van der Waals surface area (Å²) in [5, 5.41) is 8.85. The minimum atomic E-state index is -0.982. The number of para-hydroxylation sites is 1. The summed E-state index contributed by atoms with van der Waals surface area (Å²) in [6.07, 6.45) is 1.31. The molecule has 21 heavy (non-hydrogen) atoms. The van der Waals surface area contributed by atoms with E-state index >= 15 is 0 Å². The Balaban J connectivity index is 2.43. The van der Waals surface area contributed by atoms with Crippen LogP contribution in [0.5, 0.6) is 5.75 Å². The fraction of sp³-hybridized carbons (Fsp3) is 0.500. The van der Waals surface area contributed by atoms with Gasteiger partial charge in [0.2, 0.25) is 5.91 Å². The van der Waals surface area contributed by atoms with Gasteiger partial charge < -0.3 is 14.7 Å². The Labute approximate surface area is 125 Å². The number of carboxylic acids is 1. The molecule has 0 aromatic heterocycles. The predicted octanol–water partition coefficient (Wildman–Crippen LogP) is 2.41. The molecular weight excluding hydrogens is 270 g/mol. The third kappa shape index (κ3) is 6.29. The maximum atomic E-state index is 12.2. The van der Waals surface area contributed by atoms with Crippen molar-refractivity contribution >= 4 is 11.9 Å². The van der Waals surface area contributed by atoms with Gasteiger partial charge in [-0.15, -0.1) is 0 Å². The van der Waals surface area contributed by atoms with Crippen LogP contribution in [0.2, 0.25) is 0 Å². The summed E-state index contributed by atoms with van der Waals surface area (Å²) in [5.74, 6) is -0.590. The second-order valence-corrected chi connectivity index (χ2v) is 5.00. The van der Waals surface area contributed by atoms with Crippen LogP contribution in [0.1, 0.15) is 26.7 Å². The van der Waals surface area contributed by atoms with Gasteiger partial charge in [-0.25, -0.2) is 0 Å². The molecule has 0 heterocycles. The van der Waals surface area contributed by atoms with Crippen LogP contribution >= 0.6 is 0 Å². The highest BCUT2D eigenvalue weighted by Crippen LogP contribution is 2.12. The number of hydrogen-bond acceptors (Lipinski definition) is 3. The summed E-state index contributed by atoms with van der Waals surface area (Å²) in [6.45, 7) is 4.39. The first kappa shape index (κ1) is 17.0. The van der Waals surface area contributed by atoms with Crippen molar-refractivity contribution < 1.29 is 19.4 Å². The van der Waals surface area contributed by atoms with E-state index in [0.717, 1.165) is 12.2 Å². The second-order valence-electron chi connectivity index (χ2n) is 5.00. The lowest BCUT2D eigenvalue weighted by Crippen LogP contribution is -2.39. The highest BCUT2D eigenvalue weighted by molar-refractivity contribution is 5.82. The molecule has 0 bridgehead atoms. The average molecular weight is 293 g/mol. The molecule has 1 aromatic carbocycles. The molecule has 5 heteroatoms. The highest BCUT2D eigenvalue weighted by Gasteiger charge is 2.21. The number of nitrogens with zero attached hydrogens (tertiary/aromatic N) is 1. The molecule has 1 rings (SSSR count). The normalized spacial score (nSPS) is 11.7. The van der Waals surface area contributed by atoms with Crippen LogP contribution in [-0.4, -0.2) is 41.6 Å². The van der Waals surface area contributed by atoms with Crippen molar-refractivity contribution in [2.75, 3.05) is 19.7 Å². The Hall–Kier alpha value is -2.04. The molecule has 0 radical (unpaired) electrons. The zero-order valence-corrected chi connectivity index (χ0v) is 12.6. The third-order valence-electron chi connectivity index (χ3n) is 3.12. The second kappa shape index (κ2) is 9.00. The number of benzene rings is 1. The van der Waals surface area contributed by atoms with Crippen LogP contribution in [0.3, 0.4) is 0 Å². The predicted molar refractivity (Wildman–Crippen MR) is 80.2 cm³/mol. The number of ether oxygens (including phenoxy) is 1.